The predicted molar refractivity (Wildman–Crippen MR) is 97.5 cm³/mol. The van der Waals surface area contributed by atoms with E-state index in [2.05, 4.69) is 5.32 Å². The molecule has 0 spiro atoms. The Hall–Kier alpha value is -2.69. The van der Waals surface area contributed by atoms with Gasteiger partial charge in [0.1, 0.15) is 11.5 Å². The van der Waals surface area contributed by atoms with E-state index in [0.29, 0.717) is 36.0 Å². The van der Waals surface area contributed by atoms with Crippen LogP contribution in [0.25, 0.3) is 0 Å². The molecule has 0 radical (unpaired) electrons. The average molecular weight is 328 g/mol. The normalized spacial score (nSPS) is 10.2. The van der Waals surface area contributed by atoms with Crippen molar-refractivity contribution in [3.63, 3.8) is 0 Å². The van der Waals surface area contributed by atoms with E-state index in [4.69, 9.17) is 9.47 Å². The van der Waals surface area contributed by atoms with Crippen LogP contribution in [0.3, 0.4) is 0 Å². The molecule has 0 unspecified atom stereocenters. The first-order valence-electron chi connectivity index (χ1n) is 8.03. The second-order valence-electron chi connectivity index (χ2n) is 5.42. The monoisotopic (exact) mass is 328 g/mol. The van der Waals surface area contributed by atoms with E-state index in [1.165, 1.54) is 0 Å². The summed E-state index contributed by atoms with van der Waals surface area (Å²) >= 11 is 0. The van der Waals surface area contributed by atoms with E-state index in [1.54, 1.807) is 18.2 Å². The van der Waals surface area contributed by atoms with Crippen LogP contribution in [0.2, 0.25) is 0 Å². The van der Waals surface area contributed by atoms with Crippen molar-refractivity contribution in [1.82, 2.24) is 0 Å². The summed E-state index contributed by atoms with van der Waals surface area (Å²) in [5.74, 6) is 1.13. The molecule has 0 bridgehead atoms. The zero-order valence-corrected chi connectivity index (χ0v) is 14.6. The molecular weight excluding hydrogens is 304 g/mol. The molecule has 0 aliphatic rings. The van der Waals surface area contributed by atoms with E-state index < -0.39 is 0 Å². The van der Waals surface area contributed by atoms with Crippen LogP contribution < -0.4 is 19.7 Å². The first-order chi connectivity index (χ1) is 11.5. The molecule has 0 aliphatic carbocycles. The highest BCUT2D eigenvalue weighted by Gasteiger charge is 2.12. The highest BCUT2D eigenvalue weighted by molar-refractivity contribution is 6.05. The van der Waals surface area contributed by atoms with Gasteiger partial charge < -0.3 is 19.7 Å². The molecule has 0 saturated heterocycles. The van der Waals surface area contributed by atoms with Crippen LogP contribution in [0.5, 0.6) is 11.5 Å². The molecule has 2 aromatic rings. The summed E-state index contributed by atoms with van der Waals surface area (Å²) in [6.07, 6.45) is 0. The van der Waals surface area contributed by atoms with Gasteiger partial charge in [-0.1, -0.05) is 6.07 Å². The van der Waals surface area contributed by atoms with Gasteiger partial charge in [-0.05, 0) is 44.2 Å². The summed E-state index contributed by atoms with van der Waals surface area (Å²) in [6, 6.07) is 12.9. The standard InChI is InChI=1S/C19H24N2O3/c1-5-23-16-10-11-18(24-6-2)17(13-16)20-19(22)14-8-7-9-15(12-14)21(3)4/h7-13H,5-6H2,1-4H3,(H,20,22). The minimum absolute atomic E-state index is 0.187. The summed E-state index contributed by atoms with van der Waals surface area (Å²) in [5.41, 5.74) is 2.16. The average Bonchev–Trinajstić information content (AvgIpc) is 2.57. The second-order valence-corrected chi connectivity index (χ2v) is 5.42. The van der Waals surface area contributed by atoms with Gasteiger partial charge in [-0.15, -0.1) is 0 Å². The van der Waals surface area contributed by atoms with E-state index in [-0.39, 0.29) is 5.91 Å². The number of carbonyl (C=O) groups is 1. The van der Waals surface area contributed by atoms with Gasteiger partial charge in [-0.3, -0.25) is 4.79 Å². The Balaban J connectivity index is 2.26. The van der Waals surface area contributed by atoms with Crippen LogP contribution >= 0.6 is 0 Å². The number of hydrogen-bond acceptors (Lipinski definition) is 4. The maximum absolute atomic E-state index is 12.6. The first kappa shape index (κ1) is 17.7. The minimum atomic E-state index is -0.187. The summed E-state index contributed by atoms with van der Waals surface area (Å²) in [4.78, 5) is 14.5. The highest BCUT2D eigenvalue weighted by atomic mass is 16.5. The third kappa shape index (κ3) is 4.41. The topological polar surface area (TPSA) is 50.8 Å². The molecule has 0 saturated carbocycles. The van der Waals surface area contributed by atoms with Crippen molar-refractivity contribution in [3.8, 4) is 11.5 Å². The van der Waals surface area contributed by atoms with Crippen LogP contribution in [0.4, 0.5) is 11.4 Å². The lowest BCUT2D eigenvalue weighted by molar-refractivity contribution is 0.102. The van der Waals surface area contributed by atoms with Crippen molar-refractivity contribution in [1.29, 1.82) is 0 Å². The van der Waals surface area contributed by atoms with Crippen LogP contribution in [0.1, 0.15) is 24.2 Å². The van der Waals surface area contributed by atoms with E-state index >= 15 is 0 Å². The number of hydrogen-bond donors (Lipinski definition) is 1. The minimum Gasteiger partial charge on any atom is -0.494 e. The molecule has 1 amide bonds. The molecule has 0 aliphatic heterocycles. The Morgan fingerprint density at radius 3 is 2.46 bits per heavy atom. The van der Waals surface area contributed by atoms with Crippen molar-refractivity contribution < 1.29 is 14.3 Å². The number of rotatable bonds is 7. The summed E-state index contributed by atoms with van der Waals surface area (Å²) in [5, 5.41) is 2.91. The number of carbonyl (C=O) groups excluding carboxylic acids is 1. The van der Waals surface area contributed by atoms with Crippen LogP contribution in [0, 0.1) is 0 Å². The first-order valence-corrected chi connectivity index (χ1v) is 8.03. The summed E-state index contributed by atoms with van der Waals surface area (Å²) in [6.45, 7) is 4.91. The molecule has 5 heteroatoms. The molecule has 2 aromatic carbocycles. The zero-order valence-electron chi connectivity index (χ0n) is 14.6. The van der Waals surface area contributed by atoms with Gasteiger partial charge in [-0.2, -0.15) is 0 Å². The molecule has 1 N–H and O–H groups in total. The predicted octanol–water partition coefficient (Wildman–Crippen LogP) is 3.80. The third-order valence-corrected chi connectivity index (χ3v) is 3.43. The maximum Gasteiger partial charge on any atom is 0.255 e. The largest absolute Gasteiger partial charge is 0.494 e. The van der Waals surface area contributed by atoms with Crippen LogP contribution in [-0.2, 0) is 0 Å². The summed E-state index contributed by atoms with van der Waals surface area (Å²) in [7, 11) is 3.88. The molecule has 24 heavy (non-hydrogen) atoms. The Labute approximate surface area is 143 Å². The van der Waals surface area contributed by atoms with Gasteiger partial charge in [0, 0.05) is 31.4 Å². The Morgan fingerprint density at radius 2 is 1.79 bits per heavy atom. The lowest BCUT2D eigenvalue weighted by Gasteiger charge is -2.15. The fraction of sp³-hybridized carbons (Fsp3) is 0.316. The lowest BCUT2D eigenvalue weighted by atomic mass is 10.1. The fourth-order valence-corrected chi connectivity index (χ4v) is 2.26. The number of benzene rings is 2. The van der Waals surface area contributed by atoms with Gasteiger partial charge in [0.25, 0.3) is 5.91 Å². The number of nitrogens with one attached hydrogen (secondary N) is 1. The number of anilines is 2. The van der Waals surface area contributed by atoms with Gasteiger partial charge in [0.2, 0.25) is 0 Å². The quantitative estimate of drug-likeness (QED) is 0.840. The zero-order chi connectivity index (χ0) is 17.5. The Bertz CT molecular complexity index is 699. The molecule has 0 aromatic heterocycles. The van der Waals surface area contributed by atoms with Gasteiger partial charge >= 0.3 is 0 Å². The third-order valence-electron chi connectivity index (χ3n) is 3.43. The Kier molecular flexibility index (Phi) is 6.07. The van der Waals surface area contributed by atoms with Gasteiger partial charge in [0.15, 0.2) is 0 Å². The fourth-order valence-electron chi connectivity index (χ4n) is 2.26. The molecule has 128 valence electrons. The van der Waals surface area contributed by atoms with E-state index in [9.17, 15) is 4.79 Å². The molecular formula is C19H24N2O3. The van der Waals surface area contributed by atoms with Crippen LogP contribution in [0.15, 0.2) is 42.5 Å². The van der Waals surface area contributed by atoms with Crippen molar-refractivity contribution in [2.24, 2.45) is 0 Å². The Morgan fingerprint density at radius 1 is 1.04 bits per heavy atom. The van der Waals surface area contributed by atoms with Crippen LogP contribution in [-0.4, -0.2) is 33.2 Å². The van der Waals surface area contributed by atoms with E-state index in [1.807, 2.05) is 57.1 Å². The van der Waals surface area contributed by atoms with Crippen molar-refractivity contribution in [3.05, 3.63) is 48.0 Å². The smallest absolute Gasteiger partial charge is 0.255 e. The number of ether oxygens (including phenoxy) is 2. The van der Waals surface area contributed by atoms with Crippen molar-refractivity contribution >= 4 is 17.3 Å². The number of nitrogens with zero attached hydrogens (tertiary/aromatic N) is 1. The summed E-state index contributed by atoms with van der Waals surface area (Å²) < 4.78 is 11.1. The molecule has 0 fully saturated rings. The molecule has 2 rings (SSSR count). The van der Waals surface area contributed by atoms with Gasteiger partial charge in [0.05, 0.1) is 18.9 Å². The van der Waals surface area contributed by atoms with E-state index in [0.717, 1.165) is 5.69 Å². The SMILES string of the molecule is CCOc1ccc(OCC)c(NC(=O)c2cccc(N(C)C)c2)c1. The highest BCUT2D eigenvalue weighted by Crippen LogP contribution is 2.30. The second kappa shape index (κ2) is 8.24. The molecule has 0 atom stereocenters. The molecule has 5 nitrogen and oxygen atoms in total. The van der Waals surface area contributed by atoms with Gasteiger partial charge in [-0.25, -0.2) is 0 Å². The van der Waals surface area contributed by atoms with Crippen molar-refractivity contribution in [2.45, 2.75) is 13.8 Å². The molecule has 0 heterocycles. The van der Waals surface area contributed by atoms with Crippen molar-refractivity contribution in [2.75, 3.05) is 37.5 Å². The maximum atomic E-state index is 12.6. The number of amides is 1. The lowest BCUT2D eigenvalue weighted by Crippen LogP contribution is -2.15.